The van der Waals surface area contributed by atoms with Crippen molar-refractivity contribution >= 4 is 33.1 Å². The number of anilines is 1. The lowest BCUT2D eigenvalue weighted by Crippen LogP contribution is -2.10. The standard InChI is InChI=1S/C14H11FN4OS/c1-6-9-10(16)11(12(17)20)21-14(9)19-13(18-6)7-2-4-8(15)5-3-7/h2-5H,16H2,1H3,(H2,17,20). The van der Waals surface area contributed by atoms with Crippen LogP contribution in [0.2, 0.25) is 0 Å². The van der Waals surface area contributed by atoms with E-state index in [1.54, 1.807) is 19.1 Å². The van der Waals surface area contributed by atoms with Crippen LogP contribution in [0.5, 0.6) is 0 Å². The summed E-state index contributed by atoms with van der Waals surface area (Å²) in [5.74, 6) is -0.455. The van der Waals surface area contributed by atoms with E-state index in [1.165, 1.54) is 12.1 Å². The van der Waals surface area contributed by atoms with Gasteiger partial charge in [0.2, 0.25) is 0 Å². The molecule has 0 radical (unpaired) electrons. The predicted octanol–water partition coefficient (Wildman–Crippen LogP) is 2.49. The molecule has 3 rings (SSSR count). The number of nitrogens with two attached hydrogens (primary N) is 2. The van der Waals surface area contributed by atoms with Crippen molar-refractivity contribution in [3.05, 3.63) is 40.7 Å². The summed E-state index contributed by atoms with van der Waals surface area (Å²) in [6, 6.07) is 5.88. The van der Waals surface area contributed by atoms with Crippen LogP contribution < -0.4 is 11.5 Å². The van der Waals surface area contributed by atoms with Crippen LogP contribution in [0.3, 0.4) is 0 Å². The predicted molar refractivity (Wildman–Crippen MR) is 80.5 cm³/mol. The Kier molecular flexibility index (Phi) is 3.06. The monoisotopic (exact) mass is 302 g/mol. The zero-order valence-electron chi connectivity index (χ0n) is 11.1. The molecule has 2 aromatic heterocycles. The summed E-state index contributed by atoms with van der Waals surface area (Å²) in [7, 11) is 0. The number of aromatic nitrogens is 2. The lowest BCUT2D eigenvalue weighted by Gasteiger charge is -2.03. The molecule has 0 fully saturated rings. The van der Waals surface area contributed by atoms with Crippen LogP contribution in [0, 0.1) is 12.7 Å². The SMILES string of the molecule is Cc1nc(-c2ccc(F)cc2)nc2sc(C(N)=O)c(N)c12. The normalized spacial score (nSPS) is 11.0. The minimum Gasteiger partial charge on any atom is -0.397 e. The largest absolute Gasteiger partial charge is 0.397 e. The zero-order chi connectivity index (χ0) is 15.1. The fourth-order valence-electron chi connectivity index (χ4n) is 2.11. The first kappa shape index (κ1) is 13.4. The summed E-state index contributed by atoms with van der Waals surface area (Å²) < 4.78 is 13.0. The number of nitrogen functional groups attached to an aromatic ring is 1. The summed E-state index contributed by atoms with van der Waals surface area (Å²) in [4.78, 5) is 21.0. The molecule has 5 nitrogen and oxygen atoms in total. The van der Waals surface area contributed by atoms with Gasteiger partial charge < -0.3 is 11.5 Å². The molecule has 1 aromatic carbocycles. The fraction of sp³-hybridized carbons (Fsp3) is 0.0714. The van der Waals surface area contributed by atoms with Crippen molar-refractivity contribution < 1.29 is 9.18 Å². The fourth-order valence-corrected chi connectivity index (χ4v) is 3.10. The van der Waals surface area contributed by atoms with E-state index in [-0.39, 0.29) is 10.7 Å². The van der Waals surface area contributed by atoms with E-state index in [4.69, 9.17) is 11.5 Å². The molecule has 106 valence electrons. The third-order valence-electron chi connectivity index (χ3n) is 3.10. The van der Waals surface area contributed by atoms with Crippen molar-refractivity contribution in [1.29, 1.82) is 0 Å². The molecule has 2 heterocycles. The number of carbonyl (C=O) groups is 1. The first-order chi connectivity index (χ1) is 9.97. The number of amides is 1. The van der Waals surface area contributed by atoms with Gasteiger partial charge in [0.25, 0.3) is 5.91 Å². The third-order valence-corrected chi connectivity index (χ3v) is 4.21. The maximum Gasteiger partial charge on any atom is 0.260 e. The number of rotatable bonds is 2. The number of carbonyl (C=O) groups excluding carboxylic acids is 1. The Balaban J connectivity index is 2.23. The van der Waals surface area contributed by atoms with E-state index in [0.29, 0.717) is 33.0 Å². The molecule has 0 aliphatic rings. The highest BCUT2D eigenvalue weighted by Crippen LogP contribution is 2.34. The second kappa shape index (κ2) is 4.78. The van der Waals surface area contributed by atoms with Gasteiger partial charge in [0, 0.05) is 5.56 Å². The molecule has 7 heteroatoms. The molecule has 21 heavy (non-hydrogen) atoms. The summed E-state index contributed by atoms with van der Waals surface area (Å²) in [6.45, 7) is 1.78. The van der Waals surface area contributed by atoms with Crippen LogP contribution in [-0.4, -0.2) is 15.9 Å². The smallest absolute Gasteiger partial charge is 0.260 e. The van der Waals surface area contributed by atoms with E-state index in [0.717, 1.165) is 11.3 Å². The Morgan fingerprint density at radius 3 is 2.52 bits per heavy atom. The molecular formula is C14H11FN4OS. The van der Waals surface area contributed by atoms with Crippen molar-refractivity contribution in [2.75, 3.05) is 5.73 Å². The van der Waals surface area contributed by atoms with Crippen molar-refractivity contribution in [3.63, 3.8) is 0 Å². The molecule has 0 aliphatic carbocycles. The zero-order valence-corrected chi connectivity index (χ0v) is 11.9. The third kappa shape index (κ3) is 2.21. The van der Waals surface area contributed by atoms with E-state index in [2.05, 4.69) is 9.97 Å². The quantitative estimate of drug-likeness (QED) is 0.760. The first-order valence-corrected chi connectivity index (χ1v) is 6.91. The average molecular weight is 302 g/mol. The van der Waals surface area contributed by atoms with Crippen molar-refractivity contribution in [3.8, 4) is 11.4 Å². The summed E-state index contributed by atoms with van der Waals surface area (Å²) >= 11 is 1.13. The van der Waals surface area contributed by atoms with Gasteiger partial charge in [-0.15, -0.1) is 11.3 Å². The van der Waals surface area contributed by atoms with Gasteiger partial charge in [-0.2, -0.15) is 0 Å². The first-order valence-electron chi connectivity index (χ1n) is 6.09. The molecule has 0 spiro atoms. The van der Waals surface area contributed by atoms with Gasteiger partial charge in [-0.05, 0) is 31.2 Å². The van der Waals surface area contributed by atoms with Crippen LogP contribution >= 0.6 is 11.3 Å². The highest BCUT2D eigenvalue weighted by molar-refractivity contribution is 7.21. The lowest BCUT2D eigenvalue weighted by atomic mass is 10.2. The van der Waals surface area contributed by atoms with Crippen molar-refractivity contribution in [2.45, 2.75) is 6.92 Å². The lowest BCUT2D eigenvalue weighted by molar-refractivity contribution is 0.100. The Labute approximate surface area is 123 Å². The van der Waals surface area contributed by atoms with Crippen LogP contribution in [-0.2, 0) is 0 Å². The molecule has 1 amide bonds. The summed E-state index contributed by atoms with van der Waals surface area (Å²) in [5.41, 5.74) is 12.9. The maximum absolute atomic E-state index is 13.0. The number of benzene rings is 1. The van der Waals surface area contributed by atoms with Gasteiger partial charge in [0.05, 0.1) is 16.8 Å². The number of hydrogen-bond donors (Lipinski definition) is 2. The Hall–Kier alpha value is -2.54. The molecule has 0 aliphatic heterocycles. The molecule has 0 bridgehead atoms. The number of primary amides is 1. The average Bonchev–Trinajstić information content (AvgIpc) is 2.77. The topological polar surface area (TPSA) is 94.9 Å². The molecular weight excluding hydrogens is 291 g/mol. The number of fused-ring (bicyclic) bond motifs is 1. The number of hydrogen-bond acceptors (Lipinski definition) is 5. The Morgan fingerprint density at radius 2 is 1.90 bits per heavy atom. The maximum atomic E-state index is 13.0. The number of halogens is 1. The van der Waals surface area contributed by atoms with Crippen LogP contribution in [0.1, 0.15) is 15.4 Å². The number of thiophene rings is 1. The van der Waals surface area contributed by atoms with E-state index in [1.807, 2.05) is 0 Å². The van der Waals surface area contributed by atoms with E-state index >= 15 is 0 Å². The summed E-state index contributed by atoms with van der Waals surface area (Å²) in [6.07, 6.45) is 0. The highest BCUT2D eigenvalue weighted by Gasteiger charge is 2.18. The number of aryl methyl sites for hydroxylation is 1. The van der Waals surface area contributed by atoms with Crippen molar-refractivity contribution in [1.82, 2.24) is 9.97 Å². The second-order valence-corrected chi connectivity index (χ2v) is 5.53. The highest BCUT2D eigenvalue weighted by atomic mass is 32.1. The van der Waals surface area contributed by atoms with Gasteiger partial charge in [-0.25, -0.2) is 14.4 Å². The molecule has 0 saturated carbocycles. The molecule has 0 saturated heterocycles. The van der Waals surface area contributed by atoms with Crippen molar-refractivity contribution in [2.24, 2.45) is 5.73 Å². The van der Waals surface area contributed by atoms with Gasteiger partial charge in [-0.1, -0.05) is 0 Å². The van der Waals surface area contributed by atoms with Gasteiger partial charge in [0.1, 0.15) is 15.5 Å². The van der Waals surface area contributed by atoms with E-state index < -0.39 is 5.91 Å². The van der Waals surface area contributed by atoms with Crippen LogP contribution in [0.25, 0.3) is 21.6 Å². The number of nitrogens with zero attached hydrogens (tertiary/aromatic N) is 2. The minimum atomic E-state index is -0.585. The van der Waals surface area contributed by atoms with Gasteiger partial charge in [0.15, 0.2) is 5.82 Å². The molecule has 4 N–H and O–H groups in total. The van der Waals surface area contributed by atoms with E-state index in [9.17, 15) is 9.18 Å². The van der Waals surface area contributed by atoms with Crippen LogP contribution in [0.4, 0.5) is 10.1 Å². The summed E-state index contributed by atoms with van der Waals surface area (Å²) in [5, 5.41) is 0.639. The van der Waals surface area contributed by atoms with Gasteiger partial charge >= 0.3 is 0 Å². The van der Waals surface area contributed by atoms with Crippen LogP contribution in [0.15, 0.2) is 24.3 Å². The molecule has 3 aromatic rings. The molecule has 0 unspecified atom stereocenters. The molecule has 0 atom stereocenters. The minimum absolute atomic E-state index is 0.277. The second-order valence-electron chi connectivity index (χ2n) is 4.53. The Bertz CT molecular complexity index is 858. The Morgan fingerprint density at radius 1 is 1.24 bits per heavy atom. The van der Waals surface area contributed by atoms with Gasteiger partial charge in [-0.3, -0.25) is 4.79 Å².